The molecule has 29 heavy (non-hydrogen) atoms. The molecule has 2 aliphatic heterocycles. The van der Waals surface area contributed by atoms with Gasteiger partial charge in [-0.3, -0.25) is 14.7 Å². The summed E-state index contributed by atoms with van der Waals surface area (Å²) in [5.41, 5.74) is 1.26. The lowest BCUT2D eigenvalue weighted by Gasteiger charge is -2.35. The van der Waals surface area contributed by atoms with Crippen LogP contribution < -0.4 is 10.1 Å². The number of carbonyl (C=O) groups is 1. The van der Waals surface area contributed by atoms with Gasteiger partial charge in [-0.15, -0.1) is 0 Å². The summed E-state index contributed by atoms with van der Waals surface area (Å²) >= 11 is 0. The van der Waals surface area contributed by atoms with Gasteiger partial charge in [-0.25, -0.2) is 0 Å². The highest BCUT2D eigenvalue weighted by Crippen LogP contribution is 2.27. The average molecular weight is 403 g/mol. The average Bonchev–Trinajstić information content (AvgIpc) is 3.31. The van der Waals surface area contributed by atoms with E-state index < -0.39 is 0 Å². The fourth-order valence-corrected chi connectivity index (χ4v) is 4.37. The third-order valence-electron chi connectivity index (χ3n) is 6.05. The molecule has 7 heteroatoms. The van der Waals surface area contributed by atoms with Crippen molar-refractivity contribution >= 4 is 11.9 Å². The van der Waals surface area contributed by atoms with Gasteiger partial charge in [-0.2, -0.15) is 0 Å². The Morgan fingerprint density at radius 2 is 1.93 bits per heavy atom. The molecule has 2 saturated heterocycles. The van der Waals surface area contributed by atoms with Gasteiger partial charge in [0.05, 0.1) is 26.2 Å². The van der Waals surface area contributed by atoms with Crippen molar-refractivity contribution < 1.29 is 14.3 Å². The predicted molar refractivity (Wildman–Crippen MR) is 114 cm³/mol. The summed E-state index contributed by atoms with van der Waals surface area (Å²) in [6, 6.07) is 8.64. The summed E-state index contributed by atoms with van der Waals surface area (Å²) in [5.74, 6) is 1.70. The van der Waals surface area contributed by atoms with Crippen molar-refractivity contribution in [3.63, 3.8) is 0 Å². The molecular weight excluding hydrogens is 368 g/mol. The zero-order chi connectivity index (χ0) is 20.6. The molecule has 1 aromatic carbocycles. The highest BCUT2D eigenvalue weighted by molar-refractivity contribution is 5.80. The molecule has 0 aliphatic carbocycles. The van der Waals surface area contributed by atoms with E-state index in [1.165, 1.54) is 25.5 Å². The van der Waals surface area contributed by atoms with Gasteiger partial charge in [0.2, 0.25) is 0 Å². The fraction of sp³-hybridized carbons (Fsp3) is 0.636. The number of carbonyl (C=O) groups excluding carboxylic acids is 1. The standard InChI is InChI=1S/C22H34N4O3/c1-23-22(26-13-9-17(10-14-26)21(27)29-3)24-16-20(25-11-4-5-12-25)18-7-6-8-19(15-18)28-2/h6-8,15,17,20H,4-5,9-14,16H2,1-3H3,(H,23,24). The Morgan fingerprint density at radius 1 is 1.21 bits per heavy atom. The number of benzene rings is 1. The first kappa shape index (κ1) is 21.4. The minimum Gasteiger partial charge on any atom is -0.497 e. The lowest BCUT2D eigenvalue weighted by atomic mass is 9.97. The van der Waals surface area contributed by atoms with Gasteiger partial charge in [-0.05, 0) is 56.5 Å². The van der Waals surface area contributed by atoms with Crippen molar-refractivity contribution in [2.45, 2.75) is 31.7 Å². The van der Waals surface area contributed by atoms with E-state index in [9.17, 15) is 4.79 Å². The first-order valence-electron chi connectivity index (χ1n) is 10.6. The number of nitrogens with zero attached hydrogens (tertiary/aromatic N) is 3. The quantitative estimate of drug-likeness (QED) is 0.447. The Morgan fingerprint density at radius 3 is 2.55 bits per heavy atom. The molecule has 2 fully saturated rings. The minimum atomic E-state index is -0.0975. The maximum Gasteiger partial charge on any atom is 0.308 e. The summed E-state index contributed by atoms with van der Waals surface area (Å²) in [7, 11) is 5.00. The topological polar surface area (TPSA) is 66.4 Å². The second-order valence-corrected chi connectivity index (χ2v) is 7.75. The van der Waals surface area contributed by atoms with Crippen LogP contribution in [0.5, 0.6) is 5.75 Å². The van der Waals surface area contributed by atoms with Gasteiger partial charge in [0, 0.05) is 26.7 Å². The summed E-state index contributed by atoms with van der Waals surface area (Å²) in [4.78, 5) is 21.1. The zero-order valence-electron chi connectivity index (χ0n) is 17.9. The third kappa shape index (κ3) is 5.41. The van der Waals surface area contributed by atoms with Crippen LogP contribution in [0.15, 0.2) is 29.3 Å². The van der Waals surface area contributed by atoms with E-state index in [2.05, 4.69) is 38.3 Å². The first-order chi connectivity index (χ1) is 14.2. The maximum absolute atomic E-state index is 11.8. The molecule has 1 N–H and O–H groups in total. The molecule has 7 nitrogen and oxygen atoms in total. The number of piperidine rings is 1. The van der Waals surface area contributed by atoms with Crippen LogP contribution in [-0.2, 0) is 9.53 Å². The van der Waals surface area contributed by atoms with Crippen LogP contribution in [0.25, 0.3) is 0 Å². The molecule has 1 unspecified atom stereocenters. The summed E-state index contributed by atoms with van der Waals surface area (Å²) in [5, 5.41) is 3.59. The Bertz CT molecular complexity index is 695. The smallest absolute Gasteiger partial charge is 0.308 e. The molecule has 0 aromatic heterocycles. The Labute approximate surface area is 174 Å². The van der Waals surface area contributed by atoms with E-state index in [1.807, 2.05) is 13.1 Å². The van der Waals surface area contributed by atoms with Crippen LogP contribution in [0.4, 0.5) is 0 Å². The van der Waals surface area contributed by atoms with Crippen molar-refractivity contribution in [2.24, 2.45) is 10.9 Å². The molecule has 2 aliphatic rings. The number of nitrogens with one attached hydrogen (secondary N) is 1. The Hall–Kier alpha value is -2.28. The fourth-order valence-electron chi connectivity index (χ4n) is 4.37. The van der Waals surface area contributed by atoms with E-state index in [4.69, 9.17) is 9.47 Å². The molecule has 3 rings (SSSR count). The van der Waals surface area contributed by atoms with Crippen molar-refractivity contribution in [3.8, 4) is 5.75 Å². The lowest BCUT2D eigenvalue weighted by molar-refractivity contribution is -0.146. The third-order valence-corrected chi connectivity index (χ3v) is 6.05. The number of hydrogen-bond donors (Lipinski definition) is 1. The second kappa shape index (κ2) is 10.5. The van der Waals surface area contributed by atoms with E-state index >= 15 is 0 Å². The van der Waals surface area contributed by atoms with Gasteiger partial charge in [0.1, 0.15) is 5.75 Å². The second-order valence-electron chi connectivity index (χ2n) is 7.75. The number of guanidine groups is 1. The molecule has 2 heterocycles. The van der Waals surface area contributed by atoms with Crippen molar-refractivity contribution in [1.29, 1.82) is 0 Å². The van der Waals surface area contributed by atoms with Gasteiger partial charge in [-0.1, -0.05) is 12.1 Å². The van der Waals surface area contributed by atoms with E-state index in [0.717, 1.165) is 57.3 Å². The molecule has 1 aromatic rings. The van der Waals surface area contributed by atoms with Gasteiger partial charge in [0.25, 0.3) is 0 Å². The molecule has 0 amide bonds. The molecule has 160 valence electrons. The van der Waals surface area contributed by atoms with Crippen molar-refractivity contribution in [3.05, 3.63) is 29.8 Å². The highest BCUT2D eigenvalue weighted by atomic mass is 16.5. The van der Waals surface area contributed by atoms with Crippen molar-refractivity contribution in [2.75, 3.05) is 54.0 Å². The first-order valence-corrected chi connectivity index (χ1v) is 10.6. The number of esters is 1. The summed E-state index contributed by atoms with van der Waals surface area (Å²) in [6.45, 7) is 4.65. The maximum atomic E-state index is 11.8. The molecule has 0 spiro atoms. The van der Waals surface area contributed by atoms with E-state index in [-0.39, 0.29) is 17.9 Å². The molecular formula is C22H34N4O3. The van der Waals surface area contributed by atoms with Crippen LogP contribution in [0.1, 0.15) is 37.3 Å². The van der Waals surface area contributed by atoms with Crippen molar-refractivity contribution in [1.82, 2.24) is 15.1 Å². The normalized spacial score (nSPS) is 19.8. The molecule has 0 saturated carbocycles. The van der Waals surface area contributed by atoms with E-state index in [0.29, 0.717) is 0 Å². The number of methoxy groups -OCH3 is 2. The molecule has 0 bridgehead atoms. The van der Waals surface area contributed by atoms with Gasteiger partial charge >= 0.3 is 5.97 Å². The number of hydrogen-bond acceptors (Lipinski definition) is 5. The number of rotatable bonds is 6. The lowest BCUT2D eigenvalue weighted by Crippen LogP contribution is -2.48. The minimum absolute atomic E-state index is 0.00323. The Balaban J connectivity index is 1.64. The number of ether oxygens (including phenoxy) is 2. The van der Waals surface area contributed by atoms with Gasteiger partial charge in [0.15, 0.2) is 5.96 Å². The summed E-state index contributed by atoms with van der Waals surface area (Å²) < 4.78 is 10.3. The molecule has 0 radical (unpaired) electrons. The summed E-state index contributed by atoms with van der Waals surface area (Å²) in [6.07, 6.45) is 4.10. The van der Waals surface area contributed by atoms with E-state index in [1.54, 1.807) is 7.11 Å². The van der Waals surface area contributed by atoms with Gasteiger partial charge < -0.3 is 19.7 Å². The predicted octanol–water partition coefficient (Wildman–Crippen LogP) is 2.29. The van der Waals surface area contributed by atoms with Crippen LogP contribution in [0.3, 0.4) is 0 Å². The van der Waals surface area contributed by atoms with Crippen LogP contribution in [0, 0.1) is 5.92 Å². The molecule has 1 atom stereocenters. The number of aliphatic imine (C=N–C) groups is 1. The largest absolute Gasteiger partial charge is 0.497 e. The highest BCUT2D eigenvalue weighted by Gasteiger charge is 2.28. The van der Waals surface area contributed by atoms with Crippen LogP contribution in [-0.4, -0.2) is 75.7 Å². The number of likely N-dealkylation sites (tertiary alicyclic amines) is 2. The Kier molecular flexibility index (Phi) is 7.75. The zero-order valence-corrected chi connectivity index (χ0v) is 17.9. The SMILES string of the molecule is CN=C(NCC(c1cccc(OC)c1)N1CCCC1)N1CCC(C(=O)OC)CC1. The van der Waals surface area contributed by atoms with Crippen LogP contribution >= 0.6 is 0 Å². The van der Waals surface area contributed by atoms with Crippen LogP contribution in [0.2, 0.25) is 0 Å². The monoisotopic (exact) mass is 402 g/mol.